The summed E-state index contributed by atoms with van der Waals surface area (Å²) in [7, 11) is 1.44. The standard InChI is InChI=1S/C19H21FN2O3.ClH/c1-19(2)10-16(14-8-11(21)4-7-17(14)25-19)22-18(23)13-6-5-12(24-3)9-15(13)20;/h4-9,16H,10,21H2,1-3H3,(H,22,23);1H. The Labute approximate surface area is 158 Å². The van der Waals surface area contributed by atoms with Crippen LogP contribution >= 0.6 is 12.4 Å². The first-order valence-corrected chi connectivity index (χ1v) is 8.02. The Bertz CT molecular complexity index is 826. The first-order valence-electron chi connectivity index (χ1n) is 8.02. The Morgan fingerprint density at radius 1 is 1.31 bits per heavy atom. The smallest absolute Gasteiger partial charge is 0.254 e. The van der Waals surface area contributed by atoms with Crippen molar-refractivity contribution in [2.45, 2.75) is 31.9 Å². The summed E-state index contributed by atoms with van der Waals surface area (Å²) in [5, 5.41) is 2.90. The van der Waals surface area contributed by atoms with Gasteiger partial charge in [-0.3, -0.25) is 4.79 Å². The third-order valence-corrected chi connectivity index (χ3v) is 4.22. The zero-order valence-corrected chi connectivity index (χ0v) is 15.7. The summed E-state index contributed by atoms with van der Waals surface area (Å²) in [6.07, 6.45) is 0.549. The molecule has 0 aliphatic carbocycles. The van der Waals surface area contributed by atoms with E-state index in [1.807, 2.05) is 13.8 Å². The molecule has 0 saturated heterocycles. The second-order valence-electron chi connectivity index (χ2n) is 6.73. The second kappa shape index (κ2) is 7.41. The summed E-state index contributed by atoms with van der Waals surface area (Å²) in [6, 6.07) is 9.15. The molecule has 2 aromatic rings. The zero-order valence-electron chi connectivity index (χ0n) is 14.8. The Balaban J connectivity index is 0.00000243. The number of ether oxygens (including phenoxy) is 2. The molecule has 2 aromatic carbocycles. The van der Waals surface area contributed by atoms with Gasteiger partial charge in [0.25, 0.3) is 5.91 Å². The molecule has 0 spiro atoms. The lowest BCUT2D eigenvalue weighted by Crippen LogP contribution is -2.41. The number of hydrogen-bond acceptors (Lipinski definition) is 4. The van der Waals surface area contributed by atoms with Crippen molar-refractivity contribution < 1.29 is 18.7 Å². The summed E-state index contributed by atoms with van der Waals surface area (Å²) in [5.41, 5.74) is 6.75. The summed E-state index contributed by atoms with van der Waals surface area (Å²) >= 11 is 0. The number of methoxy groups -OCH3 is 1. The van der Waals surface area contributed by atoms with Crippen LogP contribution in [0.5, 0.6) is 11.5 Å². The molecule has 1 aliphatic rings. The number of hydrogen-bond donors (Lipinski definition) is 2. The minimum atomic E-state index is -0.629. The van der Waals surface area contributed by atoms with Crippen LogP contribution in [0.2, 0.25) is 0 Å². The first-order chi connectivity index (χ1) is 11.8. The predicted molar refractivity (Wildman–Crippen MR) is 101 cm³/mol. The third kappa shape index (κ3) is 4.02. The van der Waals surface area contributed by atoms with E-state index in [-0.39, 0.29) is 24.0 Å². The first kappa shape index (κ1) is 19.8. The van der Waals surface area contributed by atoms with Crippen LogP contribution in [0.3, 0.4) is 0 Å². The lowest BCUT2D eigenvalue weighted by atomic mass is 9.89. The van der Waals surface area contributed by atoms with Crippen LogP contribution in [0.15, 0.2) is 36.4 Å². The average Bonchev–Trinajstić information content (AvgIpc) is 2.54. The van der Waals surface area contributed by atoms with Gasteiger partial charge in [0, 0.05) is 23.7 Å². The molecule has 1 unspecified atom stereocenters. The van der Waals surface area contributed by atoms with E-state index in [4.69, 9.17) is 15.2 Å². The maximum Gasteiger partial charge on any atom is 0.254 e. The highest BCUT2D eigenvalue weighted by Gasteiger charge is 2.35. The topological polar surface area (TPSA) is 73.6 Å². The number of nitrogens with one attached hydrogen (secondary N) is 1. The van der Waals surface area contributed by atoms with Gasteiger partial charge in [-0.25, -0.2) is 4.39 Å². The number of nitrogen functional groups attached to an aromatic ring is 1. The van der Waals surface area contributed by atoms with Crippen LogP contribution in [-0.2, 0) is 0 Å². The zero-order chi connectivity index (χ0) is 18.2. The minimum absolute atomic E-state index is 0. The van der Waals surface area contributed by atoms with E-state index >= 15 is 0 Å². The van der Waals surface area contributed by atoms with Crippen molar-refractivity contribution in [2.24, 2.45) is 0 Å². The minimum Gasteiger partial charge on any atom is -0.497 e. The van der Waals surface area contributed by atoms with Gasteiger partial charge in [-0.15, -0.1) is 12.4 Å². The van der Waals surface area contributed by atoms with Crippen molar-refractivity contribution in [1.82, 2.24) is 5.32 Å². The van der Waals surface area contributed by atoms with Gasteiger partial charge in [0.2, 0.25) is 0 Å². The van der Waals surface area contributed by atoms with E-state index in [1.54, 1.807) is 24.3 Å². The average molecular weight is 381 g/mol. The van der Waals surface area contributed by atoms with Crippen molar-refractivity contribution in [3.05, 3.63) is 53.3 Å². The largest absolute Gasteiger partial charge is 0.497 e. The molecule has 3 rings (SSSR count). The summed E-state index contributed by atoms with van der Waals surface area (Å²) in [6.45, 7) is 3.89. The fourth-order valence-corrected chi connectivity index (χ4v) is 3.04. The van der Waals surface area contributed by atoms with Gasteiger partial charge < -0.3 is 20.5 Å². The number of carbonyl (C=O) groups is 1. The number of amides is 1. The summed E-state index contributed by atoms with van der Waals surface area (Å²) < 4.78 is 25.1. The Morgan fingerprint density at radius 3 is 2.69 bits per heavy atom. The Kier molecular flexibility index (Phi) is 5.66. The molecule has 26 heavy (non-hydrogen) atoms. The van der Waals surface area contributed by atoms with Gasteiger partial charge in [0.15, 0.2) is 0 Å². The number of halogens is 2. The summed E-state index contributed by atoms with van der Waals surface area (Å²) in [5.74, 6) is -0.0856. The monoisotopic (exact) mass is 380 g/mol. The van der Waals surface area contributed by atoms with Crippen molar-refractivity contribution in [1.29, 1.82) is 0 Å². The normalized spacial score (nSPS) is 17.3. The molecule has 0 bridgehead atoms. The molecule has 0 radical (unpaired) electrons. The maximum absolute atomic E-state index is 14.2. The highest BCUT2D eigenvalue weighted by Crippen LogP contribution is 2.40. The molecule has 3 N–H and O–H groups in total. The number of rotatable bonds is 3. The molecule has 5 nitrogen and oxygen atoms in total. The van der Waals surface area contributed by atoms with Crippen molar-refractivity contribution >= 4 is 24.0 Å². The molecule has 1 aliphatic heterocycles. The summed E-state index contributed by atoms with van der Waals surface area (Å²) in [4.78, 5) is 12.6. The molecule has 1 atom stereocenters. The van der Waals surface area contributed by atoms with Crippen molar-refractivity contribution in [3.8, 4) is 11.5 Å². The van der Waals surface area contributed by atoms with E-state index in [0.29, 0.717) is 23.6 Å². The van der Waals surface area contributed by atoms with Gasteiger partial charge >= 0.3 is 0 Å². The van der Waals surface area contributed by atoms with Crippen LogP contribution in [-0.4, -0.2) is 18.6 Å². The van der Waals surface area contributed by atoms with Crippen LogP contribution in [0.25, 0.3) is 0 Å². The molecule has 0 aromatic heterocycles. The number of benzene rings is 2. The van der Waals surface area contributed by atoms with E-state index in [0.717, 1.165) is 5.56 Å². The molecule has 0 fully saturated rings. The quantitative estimate of drug-likeness (QED) is 0.793. The molecule has 7 heteroatoms. The second-order valence-corrected chi connectivity index (χ2v) is 6.73. The van der Waals surface area contributed by atoms with Crippen LogP contribution < -0.4 is 20.5 Å². The predicted octanol–water partition coefficient (Wildman–Crippen LogP) is 3.87. The van der Waals surface area contributed by atoms with Gasteiger partial charge in [0.1, 0.15) is 22.9 Å². The maximum atomic E-state index is 14.2. The van der Waals surface area contributed by atoms with Crippen LogP contribution in [0.4, 0.5) is 10.1 Å². The lowest BCUT2D eigenvalue weighted by Gasteiger charge is -2.38. The number of anilines is 1. The number of fused-ring (bicyclic) bond motifs is 1. The number of nitrogens with two attached hydrogens (primary N) is 1. The highest BCUT2D eigenvalue weighted by molar-refractivity contribution is 5.95. The van der Waals surface area contributed by atoms with Crippen LogP contribution in [0.1, 0.15) is 42.2 Å². The van der Waals surface area contributed by atoms with E-state index in [9.17, 15) is 9.18 Å². The molecular weight excluding hydrogens is 359 g/mol. The fourth-order valence-electron chi connectivity index (χ4n) is 3.04. The SMILES string of the molecule is COc1ccc(C(=O)NC2CC(C)(C)Oc3ccc(N)cc32)c(F)c1.Cl. The van der Waals surface area contributed by atoms with Gasteiger partial charge in [-0.05, 0) is 44.2 Å². The van der Waals surface area contributed by atoms with Gasteiger partial charge in [-0.2, -0.15) is 0 Å². The van der Waals surface area contributed by atoms with E-state index in [2.05, 4.69) is 5.32 Å². The Morgan fingerprint density at radius 2 is 2.04 bits per heavy atom. The lowest BCUT2D eigenvalue weighted by molar-refractivity contribution is 0.0619. The van der Waals surface area contributed by atoms with Crippen molar-refractivity contribution in [3.63, 3.8) is 0 Å². The molecule has 1 heterocycles. The van der Waals surface area contributed by atoms with E-state index < -0.39 is 17.3 Å². The molecular formula is C19H22ClFN2O3. The highest BCUT2D eigenvalue weighted by atomic mass is 35.5. The van der Waals surface area contributed by atoms with Crippen molar-refractivity contribution in [2.75, 3.05) is 12.8 Å². The Hall–Kier alpha value is -2.47. The van der Waals surface area contributed by atoms with Gasteiger partial charge in [-0.1, -0.05) is 0 Å². The van der Waals surface area contributed by atoms with Crippen LogP contribution in [0, 0.1) is 5.82 Å². The number of carbonyl (C=O) groups excluding carboxylic acids is 1. The fraction of sp³-hybridized carbons (Fsp3) is 0.316. The van der Waals surface area contributed by atoms with Gasteiger partial charge in [0.05, 0.1) is 18.7 Å². The molecule has 1 amide bonds. The third-order valence-electron chi connectivity index (χ3n) is 4.22. The molecule has 140 valence electrons. The van der Waals surface area contributed by atoms with E-state index in [1.165, 1.54) is 19.2 Å². The molecule has 0 saturated carbocycles.